The van der Waals surface area contributed by atoms with Gasteiger partial charge in [0, 0.05) is 50.3 Å². The van der Waals surface area contributed by atoms with Crippen molar-refractivity contribution in [3.05, 3.63) is 82.8 Å². The van der Waals surface area contributed by atoms with Crippen LogP contribution in [0.25, 0.3) is 16.7 Å². The summed E-state index contributed by atoms with van der Waals surface area (Å²) in [7, 11) is 6.24. The molecule has 0 bridgehead atoms. The summed E-state index contributed by atoms with van der Waals surface area (Å²) in [4.78, 5) is 29.5. The van der Waals surface area contributed by atoms with E-state index in [1.807, 2.05) is 30.9 Å². The zero-order chi connectivity index (χ0) is 26.8. The Balaban J connectivity index is 1.50. The summed E-state index contributed by atoms with van der Waals surface area (Å²) in [6, 6.07) is 14.5. The number of hydrogen-bond donors (Lipinski definition) is 1. The van der Waals surface area contributed by atoms with Crippen LogP contribution in [0.15, 0.2) is 66.1 Å². The van der Waals surface area contributed by atoms with Crippen LogP contribution >= 0.6 is 0 Å². The van der Waals surface area contributed by atoms with Crippen LogP contribution in [0.3, 0.4) is 0 Å². The predicted molar refractivity (Wildman–Crippen MR) is 155 cm³/mol. The molecule has 198 valence electrons. The van der Waals surface area contributed by atoms with Gasteiger partial charge in [-0.3, -0.25) is 4.79 Å². The first kappa shape index (κ1) is 25.7. The van der Waals surface area contributed by atoms with Crippen LogP contribution in [0, 0.1) is 6.92 Å². The van der Waals surface area contributed by atoms with Crippen molar-refractivity contribution in [1.82, 2.24) is 29.1 Å². The molecule has 9 heteroatoms. The van der Waals surface area contributed by atoms with Gasteiger partial charge in [0.2, 0.25) is 5.95 Å². The molecule has 1 saturated heterocycles. The fraction of sp³-hybridized carbons (Fsp3) is 0.345. The monoisotopic (exact) mass is 512 g/mol. The quantitative estimate of drug-likeness (QED) is 0.362. The second-order valence-electron chi connectivity index (χ2n) is 10.2. The van der Waals surface area contributed by atoms with E-state index in [1.54, 1.807) is 17.0 Å². The van der Waals surface area contributed by atoms with Gasteiger partial charge in [-0.1, -0.05) is 18.2 Å². The Morgan fingerprint density at radius 3 is 2.61 bits per heavy atom. The van der Waals surface area contributed by atoms with Crippen molar-refractivity contribution >= 4 is 28.4 Å². The van der Waals surface area contributed by atoms with Crippen LogP contribution in [-0.2, 0) is 13.1 Å². The SMILES string of the molecule is C=CCn1c(=O)c2cnc(Nc3ccc(N4CCN(C)CC4)c(C)c3)nc2n1-c1cccc(CN(C)C)c1. The summed E-state index contributed by atoms with van der Waals surface area (Å²) in [5, 5.41) is 3.82. The van der Waals surface area contributed by atoms with Gasteiger partial charge in [-0.15, -0.1) is 6.58 Å². The van der Waals surface area contributed by atoms with Crippen LogP contribution in [-0.4, -0.2) is 76.5 Å². The summed E-state index contributed by atoms with van der Waals surface area (Å²) in [6.07, 6.45) is 3.33. The van der Waals surface area contributed by atoms with Gasteiger partial charge in [0.05, 0.1) is 12.2 Å². The maximum atomic E-state index is 13.3. The van der Waals surface area contributed by atoms with Gasteiger partial charge in [-0.2, -0.15) is 4.98 Å². The lowest BCUT2D eigenvalue weighted by atomic mass is 10.1. The number of nitrogens with one attached hydrogen (secondary N) is 1. The molecule has 0 unspecified atom stereocenters. The van der Waals surface area contributed by atoms with Crippen molar-refractivity contribution in [3.63, 3.8) is 0 Å². The van der Waals surface area contributed by atoms with Crippen LogP contribution in [0.2, 0.25) is 0 Å². The van der Waals surface area contributed by atoms with Gasteiger partial charge >= 0.3 is 0 Å². The van der Waals surface area contributed by atoms with E-state index in [1.165, 1.54) is 11.3 Å². The van der Waals surface area contributed by atoms with E-state index < -0.39 is 0 Å². The van der Waals surface area contributed by atoms with Crippen molar-refractivity contribution in [1.29, 1.82) is 0 Å². The Morgan fingerprint density at radius 1 is 1.11 bits per heavy atom. The van der Waals surface area contributed by atoms with Gasteiger partial charge < -0.3 is 20.0 Å². The highest BCUT2D eigenvalue weighted by atomic mass is 16.1. The fourth-order valence-corrected chi connectivity index (χ4v) is 5.05. The fourth-order valence-electron chi connectivity index (χ4n) is 5.05. The Kier molecular flexibility index (Phi) is 7.31. The van der Waals surface area contributed by atoms with E-state index in [2.05, 4.69) is 75.9 Å². The van der Waals surface area contributed by atoms with Crippen LogP contribution in [0.1, 0.15) is 11.1 Å². The maximum absolute atomic E-state index is 13.3. The van der Waals surface area contributed by atoms with E-state index in [0.29, 0.717) is 23.5 Å². The number of benzene rings is 2. The number of hydrogen-bond acceptors (Lipinski definition) is 7. The Labute approximate surface area is 223 Å². The summed E-state index contributed by atoms with van der Waals surface area (Å²) in [5.41, 5.74) is 5.80. The van der Waals surface area contributed by atoms with E-state index in [-0.39, 0.29) is 5.56 Å². The highest BCUT2D eigenvalue weighted by molar-refractivity contribution is 5.77. The smallest absolute Gasteiger partial charge is 0.278 e. The number of fused-ring (bicyclic) bond motifs is 1. The van der Waals surface area contributed by atoms with Gasteiger partial charge in [0.25, 0.3) is 5.56 Å². The van der Waals surface area contributed by atoms with Crippen molar-refractivity contribution in [2.24, 2.45) is 0 Å². The molecule has 0 amide bonds. The van der Waals surface area contributed by atoms with E-state index in [0.717, 1.165) is 49.7 Å². The van der Waals surface area contributed by atoms with E-state index >= 15 is 0 Å². The second-order valence-corrected chi connectivity index (χ2v) is 10.2. The number of anilines is 3. The Hall–Kier alpha value is -3.95. The van der Waals surface area contributed by atoms with Crippen LogP contribution in [0.5, 0.6) is 0 Å². The highest BCUT2D eigenvalue weighted by Gasteiger charge is 2.19. The molecule has 1 fully saturated rings. The summed E-state index contributed by atoms with van der Waals surface area (Å²) in [5.74, 6) is 0.443. The normalized spacial score (nSPS) is 14.4. The molecule has 1 aliphatic heterocycles. The van der Waals surface area contributed by atoms with Gasteiger partial charge in [0.15, 0.2) is 5.65 Å². The molecule has 1 N–H and O–H groups in total. The third-order valence-corrected chi connectivity index (χ3v) is 6.93. The molecule has 5 rings (SSSR count). The third-order valence-electron chi connectivity index (χ3n) is 6.93. The predicted octanol–water partition coefficient (Wildman–Crippen LogP) is 3.63. The minimum Gasteiger partial charge on any atom is -0.369 e. The summed E-state index contributed by atoms with van der Waals surface area (Å²) in [6.45, 7) is 11.3. The number of likely N-dealkylation sites (N-methyl/N-ethyl adjacent to an activating group) is 1. The average Bonchev–Trinajstić information content (AvgIpc) is 3.15. The Morgan fingerprint density at radius 2 is 1.89 bits per heavy atom. The molecule has 3 heterocycles. The lowest BCUT2D eigenvalue weighted by molar-refractivity contribution is 0.312. The molecule has 4 aromatic rings. The van der Waals surface area contributed by atoms with Gasteiger partial charge in [0.1, 0.15) is 5.39 Å². The molecular weight excluding hydrogens is 476 g/mol. The number of allylic oxidation sites excluding steroid dienone is 1. The molecule has 0 aliphatic carbocycles. The largest absolute Gasteiger partial charge is 0.369 e. The molecule has 0 spiro atoms. The summed E-state index contributed by atoms with van der Waals surface area (Å²) < 4.78 is 3.52. The molecule has 2 aromatic heterocycles. The number of aryl methyl sites for hydroxylation is 1. The molecule has 0 saturated carbocycles. The van der Waals surface area contributed by atoms with Crippen molar-refractivity contribution < 1.29 is 0 Å². The lowest BCUT2D eigenvalue weighted by Crippen LogP contribution is -2.44. The first-order chi connectivity index (χ1) is 18.3. The standard InChI is InChI=1S/C29H36N8O/c1-6-12-36-28(38)25-19-30-29(32-27(25)37(36)24-9-7-8-22(18-24)20-33(3)4)31-23-10-11-26(21(2)17-23)35-15-13-34(5)14-16-35/h6-11,17-19H,1,12-16,20H2,2-5H3,(H,30,31,32). The molecule has 2 aromatic carbocycles. The van der Waals surface area contributed by atoms with E-state index in [9.17, 15) is 4.79 Å². The second kappa shape index (κ2) is 10.8. The van der Waals surface area contributed by atoms with Crippen molar-refractivity contribution in [2.45, 2.75) is 20.0 Å². The van der Waals surface area contributed by atoms with Crippen LogP contribution in [0.4, 0.5) is 17.3 Å². The number of rotatable bonds is 8. The maximum Gasteiger partial charge on any atom is 0.278 e. The molecular formula is C29H36N8O. The summed E-state index contributed by atoms with van der Waals surface area (Å²) >= 11 is 0. The molecule has 0 radical (unpaired) electrons. The first-order valence-electron chi connectivity index (χ1n) is 13.0. The van der Waals surface area contributed by atoms with E-state index in [4.69, 9.17) is 4.98 Å². The first-order valence-corrected chi connectivity index (χ1v) is 13.0. The molecule has 1 aliphatic rings. The third kappa shape index (κ3) is 5.20. The molecule has 9 nitrogen and oxygen atoms in total. The highest BCUT2D eigenvalue weighted by Crippen LogP contribution is 2.26. The zero-order valence-corrected chi connectivity index (χ0v) is 22.7. The minimum absolute atomic E-state index is 0.142. The van der Waals surface area contributed by atoms with Crippen LogP contribution < -0.4 is 15.8 Å². The van der Waals surface area contributed by atoms with Gasteiger partial charge in [-0.25, -0.2) is 14.3 Å². The van der Waals surface area contributed by atoms with Crippen molar-refractivity contribution in [2.75, 3.05) is 57.5 Å². The average molecular weight is 513 g/mol. The number of piperazine rings is 1. The Bertz CT molecular complexity index is 1510. The lowest BCUT2D eigenvalue weighted by Gasteiger charge is -2.35. The number of aromatic nitrogens is 4. The zero-order valence-electron chi connectivity index (χ0n) is 22.7. The van der Waals surface area contributed by atoms with Gasteiger partial charge in [-0.05, 0) is 69.5 Å². The number of nitrogens with zero attached hydrogens (tertiary/aromatic N) is 7. The minimum atomic E-state index is -0.142. The molecule has 38 heavy (non-hydrogen) atoms. The topological polar surface area (TPSA) is 74.5 Å². The molecule has 0 atom stereocenters. The van der Waals surface area contributed by atoms with Crippen molar-refractivity contribution in [3.8, 4) is 5.69 Å².